The van der Waals surface area contributed by atoms with E-state index in [9.17, 15) is 14.4 Å². The normalized spacial score (nSPS) is 11.5. The average Bonchev–Trinajstić information content (AvgIpc) is 2.57. The van der Waals surface area contributed by atoms with Crippen LogP contribution in [0.1, 0.15) is 24.5 Å². The molecule has 0 aliphatic carbocycles. The van der Waals surface area contributed by atoms with E-state index in [1.54, 1.807) is 30.3 Å². The first kappa shape index (κ1) is 19.7. The van der Waals surface area contributed by atoms with Gasteiger partial charge in [-0.05, 0) is 68.3 Å². The predicted molar refractivity (Wildman–Crippen MR) is 103 cm³/mol. The molecule has 0 aliphatic rings. The van der Waals surface area contributed by atoms with E-state index in [1.165, 1.54) is 6.92 Å². The Bertz CT molecular complexity index is 831. The molecule has 0 aliphatic heterocycles. The molecule has 0 heterocycles. The molecule has 0 aromatic heterocycles. The maximum absolute atomic E-state index is 12.4. The third-order valence-corrected chi connectivity index (χ3v) is 4.35. The molecule has 2 amide bonds. The van der Waals surface area contributed by atoms with Crippen molar-refractivity contribution in [2.75, 3.05) is 10.6 Å². The number of rotatable bonds is 6. The summed E-state index contributed by atoms with van der Waals surface area (Å²) in [5.74, 6) is -2.33. The Hall–Kier alpha value is -2.66. The maximum atomic E-state index is 12.4. The molecule has 2 rings (SSSR count). The first-order valence-electron chi connectivity index (χ1n) is 8.20. The fraction of sp³-hybridized carbons (Fsp3) is 0.250. The van der Waals surface area contributed by atoms with Crippen molar-refractivity contribution >= 4 is 40.6 Å². The molecule has 6 heteroatoms. The highest BCUT2D eigenvalue weighted by molar-refractivity contribution is 6.30. The largest absolute Gasteiger partial charge is 0.326 e. The molecule has 2 aromatic rings. The first-order chi connectivity index (χ1) is 12.3. The Morgan fingerprint density at radius 2 is 1.54 bits per heavy atom. The molecule has 0 saturated heterocycles. The third kappa shape index (κ3) is 5.43. The number of carbonyl (C=O) groups is 3. The molecule has 0 fully saturated rings. The van der Waals surface area contributed by atoms with Crippen molar-refractivity contribution in [1.82, 2.24) is 0 Å². The third-order valence-electron chi connectivity index (χ3n) is 4.10. The molecule has 0 spiro atoms. The lowest BCUT2D eigenvalue weighted by Gasteiger charge is -2.14. The van der Waals surface area contributed by atoms with Crippen molar-refractivity contribution in [3.63, 3.8) is 0 Å². The molecule has 2 N–H and O–H groups in total. The van der Waals surface area contributed by atoms with E-state index >= 15 is 0 Å². The van der Waals surface area contributed by atoms with Crippen molar-refractivity contribution in [2.24, 2.45) is 5.92 Å². The number of Topliss-reactive ketones (excluding diaryl/α,β-unsaturated/α-hetero) is 1. The van der Waals surface area contributed by atoms with Gasteiger partial charge in [0.2, 0.25) is 11.8 Å². The van der Waals surface area contributed by atoms with E-state index in [-0.39, 0.29) is 18.1 Å². The lowest BCUT2D eigenvalue weighted by molar-refractivity contribution is -0.133. The number of hydrogen-bond acceptors (Lipinski definition) is 3. The zero-order valence-electron chi connectivity index (χ0n) is 14.9. The molecular weight excluding hydrogens is 352 g/mol. The van der Waals surface area contributed by atoms with Crippen LogP contribution in [0.15, 0.2) is 42.5 Å². The van der Waals surface area contributed by atoms with Crippen molar-refractivity contribution < 1.29 is 14.4 Å². The van der Waals surface area contributed by atoms with E-state index in [2.05, 4.69) is 10.6 Å². The van der Waals surface area contributed by atoms with Crippen LogP contribution in [0, 0.1) is 19.8 Å². The molecule has 26 heavy (non-hydrogen) atoms. The minimum Gasteiger partial charge on any atom is -0.326 e. The summed E-state index contributed by atoms with van der Waals surface area (Å²) in [4.78, 5) is 36.5. The van der Waals surface area contributed by atoms with Gasteiger partial charge in [-0.15, -0.1) is 0 Å². The summed E-state index contributed by atoms with van der Waals surface area (Å²) in [7, 11) is 0. The molecule has 0 saturated carbocycles. The summed E-state index contributed by atoms with van der Waals surface area (Å²) in [6, 6.07) is 12.1. The monoisotopic (exact) mass is 372 g/mol. The summed E-state index contributed by atoms with van der Waals surface area (Å²) in [5.41, 5.74) is 3.32. The Labute approximate surface area is 157 Å². The van der Waals surface area contributed by atoms with E-state index in [0.29, 0.717) is 16.4 Å². The van der Waals surface area contributed by atoms with Crippen LogP contribution in [0.2, 0.25) is 5.02 Å². The van der Waals surface area contributed by atoms with E-state index < -0.39 is 11.8 Å². The molecule has 0 radical (unpaired) electrons. The van der Waals surface area contributed by atoms with Crippen molar-refractivity contribution in [2.45, 2.75) is 27.2 Å². The number of nitrogens with one attached hydrogen (secondary N) is 2. The minimum absolute atomic E-state index is 0.221. The highest BCUT2D eigenvalue weighted by Crippen LogP contribution is 2.18. The predicted octanol–water partition coefficient (Wildman–Crippen LogP) is 4.13. The molecule has 2 aromatic carbocycles. The lowest BCUT2D eigenvalue weighted by Crippen LogP contribution is -2.32. The van der Waals surface area contributed by atoms with E-state index in [1.807, 2.05) is 26.0 Å². The van der Waals surface area contributed by atoms with Gasteiger partial charge in [0.15, 0.2) is 0 Å². The zero-order valence-corrected chi connectivity index (χ0v) is 15.7. The van der Waals surface area contributed by atoms with Gasteiger partial charge in [0.05, 0.1) is 0 Å². The fourth-order valence-corrected chi connectivity index (χ4v) is 2.53. The lowest BCUT2D eigenvalue weighted by atomic mass is 9.99. The number of aryl methyl sites for hydroxylation is 2. The van der Waals surface area contributed by atoms with Gasteiger partial charge in [0, 0.05) is 22.8 Å². The van der Waals surface area contributed by atoms with Crippen molar-refractivity contribution in [1.29, 1.82) is 0 Å². The van der Waals surface area contributed by atoms with Gasteiger partial charge in [-0.1, -0.05) is 17.7 Å². The van der Waals surface area contributed by atoms with Crippen molar-refractivity contribution in [3.05, 3.63) is 58.6 Å². The smallest absolute Gasteiger partial charge is 0.235 e. The van der Waals surface area contributed by atoms with Gasteiger partial charge in [0.1, 0.15) is 11.7 Å². The van der Waals surface area contributed by atoms with Crippen LogP contribution in [0.25, 0.3) is 0 Å². The topological polar surface area (TPSA) is 75.3 Å². The number of carbonyl (C=O) groups excluding carboxylic acids is 3. The summed E-state index contributed by atoms with van der Waals surface area (Å²) in [5, 5.41) is 5.91. The van der Waals surface area contributed by atoms with Gasteiger partial charge in [-0.25, -0.2) is 0 Å². The van der Waals surface area contributed by atoms with Crippen LogP contribution in [-0.4, -0.2) is 17.6 Å². The van der Waals surface area contributed by atoms with Crippen molar-refractivity contribution in [3.8, 4) is 0 Å². The van der Waals surface area contributed by atoms with Crippen LogP contribution < -0.4 is 10.6 Å². The van der Waals surface area contributed by atoms with Gasteiger partial charge in [-0.2, -0.15) is 0 Å². The van der Waals surface area contributed by atoms with E-state index in [0.717, 1.165) is 11.1 Å². The van der Waals surface area contributed by atoms with E-state index in [4.69, 9.17) is 11.6 Å². The van der Waals surface area contributed by atoms with Gasteiger partial charge < -0.3 is 10.6 Å². The summed E-state index contributed by atoms with van der Waals surface area (Å²) in [6.45, 7) is 5.23. The second-order valence-electron chi connectivity index (χ2n) is 6.21. The Morgan fingerprint density at radius 1 is 0.923 bits per heavy atom. The Morgan fingerprint density at radius 3 is 2.12 bits per heavy atom. The molecule has 0 bridgehead atoms. The summed E-state index contributed by atoms with van der Waals surface area (Å²) >= 11 is 5.81. The molecule has 1 atom stereocenters. The second kappa shape index (κ2) is 8.63. The number of benzene rings is 2. The van der Waals surface area contributed by atoms with Crippen LogP contribution in [-0.2, 0) is 14.4 Å². The number of anilines is 2. The number of ketones is 1. The van der Waals surface area contributed by atoms with Crippen LogP contribution in [0.5, 0.6) is 0 Å². The van der Waals surface area contributed by atoms with Gasteiger partial charge in [-0.3, -0.25) is 14.4 Å². The maximum Gasteiger partial charge on any atom is 0.235 e. The minimum atomic E-state index is -1.06. The molecular formula is C20H21ClN2O3. The number of amides is 2. The summed E-state index contributed by atoms with van der Waals surface area (Å²) < 4.78 is 0. The fourth-order valence-electron chi connectivity index (χ4n) is 2.40. The number of hydrogen-bond donors (Lipinski definition) is 2. The Balaban J connectivity index is 2.03. The quantitative estimate of drug-likeness (QED) is 0.748. The molecule has 5 nitrogen and oxygen atoms in total. The highest BCUT2D eigenvalue weighted by Gasteiger charge is 2.26. The van der Waals surface area contributed by atoms with Crippen LogP contribution in [0.4, 0.5) is 11.4 Å². The first-order valence-corrected chi connectivity index (χ1v) is 8.58. The molecule has 136 valence electrons. The average molecular weight is 373 g/mol. The zero-order chi connectivity index (χ0) is 19.3. The SMILES string of the molecule is CC(=O)[C@H](CC(=O)Nc1ccc(C)c(C)c1)C(=O)Nc1ccc(Cl)cc1. The molecule has 0 unspecified atom stereocenters. The van der Waals surface area contributed by atoms with Crippen LogP contribution in [0.3, 0.4) is 0 Å². The standard InChI is InChI=1S/C20H21ClN2O3/c1-12-4-7-17(10-13(12)2)22-19(25)11-18(14(3)24)20(26)23-16-8-5-15(21)6-9-16/h4-10,18H,11H2,1-3H3,(H,22,25)(H,23,26)/t18-/m0/s1. The van der Waals surface area contributed by atoms with Gasteiger partial charge >= 0.3 is 0 Å². The highest BCUT2D eigenvalue weighted by atomic mass is 35.5. The second-order valence-corrected chi connectivity index (χ2v) is 6.65. The number of halogens is 1. The Kier molecular flexibility index (Phi) is 6.52. The van der Waals surface area contributed by atoms with Gasteiger partial charge in [0.25, 0.3) is 0 Å². The summed E-state index contributed by atoms with van der Waals surface area (Å²) in [6.07, 6.45) is -0.221. The van der Waals surface area contributed by atoms with Crippen LogP contribution >= 0.6 is 11.6 Å².